The van der Waals surface area contributed by atoms with Gasteiger partial charge in [-0.25, -0.2) is 4.90 Å². The van der Waals surface area contributed by atoms with Crippen LogP contribution in [0.3, 0.4) is 0 Å². The van der Waals surface area contributed by atoms with E-state index in [4.69, 9.17) is 27.9 Å². The van der Waals surface area contributed by atoms with Crippen molar-refractivity contribution in [3.05, 3.63) is 94.0 Å². The van der Waals surface area contributed by atoms with Crippen molar-refractivity contribution < 1.29 is 14.3 Å². The van der Waals surface area contributed by atoms with Gasteiger partial charge in [-0.2, -0.15) is 0 Å². The summed E-state index contributed by atoms with van der Waals surface area (Å²) in [5.74, 6) is -1.70. The van der Waals surface area contributed by atoms with E-state index in [0.717, 1.165) is 22.3 Å². The van der Waals surface area contributed by atoms with Crippen molar-refractivity contribution in [1.29, 1.82) is 0 Å². The van der Waals surface area contributed by atoms with Crippen molar-refractivity contribution in [2.24, 2.45) is 11.8 Å². The molecule has 0 saturated carbocycles. The lowest BCUT2D eigenvalue weighted by atomic mass is 9.54. The van der Waals surface area contributed by atoms with Crippen LogP contribution < -0.4 is 9.64 Å². The fraction of sp³-hybridized carbons (Fsp3) is 0.200. The van der Waals surface area contributed by atoms with Crippen molar-refractivity contribution in [2.75, 3.05) is 12.0 Å². The van der Waals surface area contributed by atoms with E-state index < -0.39 is 16.7 Å². The molecule has 31 heavy (non-hydrogen) atoms. The molecule has 1 aliphatic heterocycles. The van der Waals surface area contributed by atoms with E-state index >= 15 is 0 Å². The maximum absolute atomic E-state index is 13.9. The first-order valence-corrected chi connectivity index (χ1v) is 10.8. The van der Waals surface area contributed by atoms with Crippen molar-refractivity contribution in [3.63, 3.8) is 0 Å². The minimum Gasteiger partial charge on any atom is -0.495 e. The van der Waals surface area contributed by atoms with E-state index in [2.05, 4.69) is 0 Å². The number of hydrogen-bond acceptors (Lipinski definition) is 3. The molecule has 1 fully saturated rings. The number of imide groups is 1. The number of amides is 2. The summed E-state index contributed by atoms with van der Waals surface area (Å²) in [7, 11) is 1.50. The molecule has 0 unspecified atom stereocenters. The molecule has 7 rings (SSSR count). The zero-order chi connectivity index (χ0) is 21.5. The van der Waals surface area contributed by atoms with E-state index in [9.17, 15) is 9.59 Å². The highest BCUT2D eigenvalue weighted by Gasteiger charge is 2.68. The molecule has 1 heterocycles. The minimum atomic E-state index is -1.11. The molecule has 2 atom stereocenters. The van der Waals surface area contributed by atoms with Crippen LogP contribution in [0.25, 0.3) is 0 Å². The second kappa shape index (κ2) is 6.35. The summed E-state index contributed by atoms with van der Waals surface area (Å²) in [5, 5.41) is 0.418. The van der Waals surface area contributed by atoms with Crippen LogP contribution in [0.5, 0.6) is 5.75 Å². The highest BCUT2D eigenvalue weighted by molar-refractivity contribution is 6.34. The topological polar surface area (TPSA) is 46.6 Å². The average molecular weight is 450 g/mol. The van der Waals surface area contributed by atoms with E-state index in [1.54, 1.807) is 18.2 Å². The first-order valence-electron chi connectivity index (χ1n) is 10.1. The van der Waals surface area contributed by atoms with Gasteiger partial charge in [0.1, 0.15) is 10.6 Å². The van der Waals surface area contributed by atoms with Gasteiger partial charge < -0.3 is 4.74 Å². The molecule has 3 aromatic rings. The number of ether oxygens (including phenoxy) is 1. The van der Waals surface area contributed by atoms with E-state index in [0.29, 0.717) is 16.5 Å². The van der Waals surface area contributed by atoms with E-state index in [-0.39, 0.29) is 17.7 Å². The Labute approximate surface area is 189 Å². The molecule has 0 radical (unpaired) electrons. The number of alkyl halides is 1. The van der Waals surface area contributed by atoms with Gasteiger partial charge in [0.15, 0.2) is 0 Å². The largest absolute Gasteiger partial charge is 0.495 e. The Hall–Kier alpha value is -2.82. The van der Waals surface area contributed by atoms with Gasteiger partial charge in [0.2, 0.25) is 11.8 Å². The Morgan fingerprint density at radius 2 is 1.52 bits per heavy atom. The lowest BCUT2D eigenvalue weighted by Crippen LogP contribution is -2.50. The Kier molecular flexibility index (Phi) is 3.87. The van der Waals surface area contributed by atoms with Crippen LogP contribution in [-0.2, 0) is 14.5 Å². The molecule has 3 aromatic carbocycles. The Morgan fingerprint density at radius 3 is 2.13 bits per heavy atom. The summed E-state index contributed by atoms with van der Waals surface area (Å²) in [5.41, 5.74) is 4.19. The number of hydrogen-bond donors (Lipinski definition) is 0. The summed E-state index contributed by atoms with van der Waals surface area (Å²) in [6.45, 7) is 0. The minimum absolute atomic E-state index is 0.232. The molecule has 2 bridgehead atoms. The molecule has 2 amide bonds. The van der Waals surface area contributed by atoms with Gasteiger partial charge >= 0.3 is 0 Å². The quantitative estimate of drug-likeness (QED) is 0.404. The highest BCUT2D eigenvalue weighted by Crippen LogP contribution is 2.66. The molecule has 0 spiro atoms. The molecule has 4 aliphatic rings. The molecule has 0 aromatic heterocycles. The van der Waals surface area contributed by atoms with Gasteiger partial charge in [0, 0.05) is 10.9 Å². The molecule has 154 valence electrons. The van der Waals surface area contributed by atoms with Crippen LogP contribution >= 0.6 is 23.2 Å². The SMILES string of the molecule is COc1ccc(Cl)cc1N1C(=O)[C@@H]2[C@@H](C1=O)C1c3ccccc3C2(Cl)c2ccccc21. The smallest absolute Gasteiger partial charge is 0.240 e. The predicted octanol–water partition coefficient (Wildman–Crippen LogP) is 5.10. The van der Waals surface area contributed by atoms with Crippen LogP contribution in [0.2, 0.25) is 5.02 Å². The standard InChI is InChI=1S/C25H17Cl2NO3/c1-31-19-11-10-13(26)12-18(19)28-23(29)21-20-14-6-2-4-8-16(14)25(27,22(21)24(28)30)17-9-5-3-7-15(17)20/h2-12,20-22H,1H3/t20?,21-,22-,25?/m0/s1. The fourth-order valence-electron chi connectivity index (χ4n) is 5.75. The number of methoxy groups -OCH3 is 1. The Bertz CT molecular complexity index is 1240. The van der Waals surface area contributed by atoms with Crippen LogP contribution in [0.4, 0.5) is 5.69 Å². The molecule has 4 nitrogen and oxygen atoms in total. The third kappa shape index (κ3) is 2.22. The van der Waals surface area contributed by atoms with Gasteiger partial charge in [-0.05, 0) is 40.5 Å². The third-order valence-corrected chi connectivity index (χ3v) is 7.77. The number of carbonyl (C=O) groups is 2. The van der Waals surface area contributed by atoms with Crippen molar-refractivity contribution in [3.8, 4) is 5.75 Å². The molecular formula is C25H17Cl2NO3. The van der Waals surface area contributed by atoms with Gasteiger partial charge in [0.05, 0.1) is 24.6 Å². The van der Waals surface area contributed by atoms with Gasteiger partial charge in [-0.1, -0.05) is 60.1 Å². The number of halogens is 2. The summed E-state index contributed by atoms with van der Waals surface area (Å²) in [4.78, 5) is 27.8. The molecule has 3 aliphatic carbocycles. The summed E-state index contributed by atoms with van der Waals surface area (Å²) < 4.78 is 5.44. The second-order valence-electron chi connectivity index (χ2n) is 8.20. The van der Waals surface area contributed by atoms with Crippen LogP contribution in [0.1, 0.15) is 28.2 Å². The van der Waals surface area contributed by atoms with Crippen LogP contribution in [0, 0.1) is 11.8 Å². The van der Waals surface area contributed by atoms with Gasteiger partial charge in [-0.3, -0.25) is 9.59 Å². The van der Waals surface area contributed by atoms with Crippen molar-refractivity contribution in [1.82, 2.24) is 0 Å². The highest BCUT2D eigenvalue weighted by atomic mass is 35.5. The van der Waals surface area contributed by atoms with Gasteiger partial charge in [0.25, 0.3) is 0 Å². The van der Waals surface area contributed by atoms with Crippen LogP contribution in [-0.4, -0.2) is 18.9 Å². The zero-order valence-electron chi connectivity index (χ0n) is 16.5. The summed E-state index contributed by atoms with van der Waals surface area (Å²) in [6, 6.07) is 20.7. The second-order valence-corrected chi connectivity index (χ2v) is 9.23. The maximum atomic E-state index is 13.9. The summed E-state index contributed by atoms with van der Waals surface area (Å²) >= 11 is 13.6. The Balaban J connectivity index is 1.62. The molecular weight excluding hydrogens is 433 g/mol. The number of benzene rings is 3. The first kappa shape index (κ1) is 18.9. The maximum Gasteiger partial charge on any atom is 0.240 e. The zero-order valence-corrected chi connectivity index (χ0v) is 18.0. The first-order chi connectivity index (χ1) is 15.0. The number of anilines is 1. The normalized spacial score (nSPS) is 27.7. The summed E-state index contributed by atoms with van der Waals surface area (Å²) in [6.07, 6.45) is 0. The van der Waals surface area contributed by atoms with E-state index in [1.807, 2.05) is 48.5 Å². The third-order valence-electron chi connectivity index (χ3n) is 6.90. The van der Waals surface area contributed by atoms with E-state index in [1.165, 1.54) is 12.0 Å². The van der Waals surface area contributed by atoms with Crippen LogP contribution in [0.15, 0.2) is 66.7 Å². The monoisotopic (exact) mass is 449 g/mol. The van der Waals surface area contributed by atoms with Crippen molar-refractivity contribution >= 4 is 40.7 Å². The Morgan fingerprint density at radius 1 is 0.903 bits per heavy atom. The molecule has 1 saturated heterocycles. The number of nitrogens with zero attached hydrogens (tertiary/aromatic N) is 1. The molecule has 0 N–H and O–H groups in total. The molecule has 6 heteroatoms. The fourth-order valence-corrected chi connectivity index (χ4v) is 6.49. The van der Waals surface area contributed by atoms with Gasteiger partial charge in [-0.15, -0.1) is 11.6 Å². The number of carbonyl (C=O) groups excluding carboxylic acids is 2. The average Bonchev–Trinajstić information content (AvgIpc) is 3.05. The lowest BCUT2D eigenvalue weighted by molar-refractivity contribution is -0.122. The van der Waals surface area contributed by atoms with Crippen molar-refractivity contribution in [2.45, 2.75) is 10.8 Å². The predicted molar refractivity (Wildman–Crippen MR) is 119 cm³/mol. The number of rotatable bonds is 2. The lowest BCUT2D eigenvalue weighted by Gasteiger charge is -2.50.